The van der Waals surface area contributed by atoms with E-state index in [1.54, 1.807) is 14.0 Å². The van der Waals surface area contributed by atoms with Crippen LogP contribution in [0.4, 0.5) is 0 Å². The molecule has 0 unspecified atom stereocenters. The van der Waals surface area contributed by atoms with Crippen molar-refractivity contribution in [3.8, 4) is 22.1 Å². The third-order valence-electron chi connectivity index (χ3n) is 4.42. The lowest BCUT2D eigenvalue weighted by Crippen LogP contribution is -2.36. The van der Waals surface area contributed by atoms with Crippen LogP contribution in [0.5, 0.6) is 11.5 Å². The molecule has 0 saturated heterocycles. The van der Waals surface area contributed by atoms with Crippen molar-refractivity contribution in [1.29, 1.82) is 0 Å². The van der Waals surface area contributed by atoms with Crippen LogP contribution in [-0.4, -0.2) is 24.1 Å². The zero-order valence-electron chi connectivity index (χ0n) is 16.8. The quantitative estimate of drug-likeness (QED) is 0.561. The number of hydrogen-bond acceptors (Lipinski definition) is 5. The van der Waals surface area contributed by atoms with E-state index in [1.165, 1.54) is 11.3 Å². The van der Waals surface area contributed by atoms with Gasteiger partial charge in [-0.15, -0.1) is 11.3 Å². The van der Waals surface area contributed by atoms with Crippen LogP contribution in [0.25, 0.3) is 10.6 Å². The minimum Gasteiger partial charge on any atom is -0.497 e. The highest BCUT2D eigenvalue weighted by atomic mass is 35.5. The van der Waals surface area contributed by atoms with Gasteiger partial charge in [-0.05, 0) is 68.3 Å². The maximum absolute atomic E-state index is 12.4. The molecule has 0 spiro atoms. The molecule has 7 heteroatoms. The van der Waals surface area contributed by atoms with E-state index in [1.807, 2.05) is 55.6 Å². The Morgan fingerprint density at radius 1 is 1.17 bits per heavy atom. The van der Waals surface area contributed by atoms with Crippen molar-refractivity contribution in [2.75, 3.05) is 7.11 Å². The predicted octanol–water partition coefficient (Wildman–Crippen LogP) is 5.17. The van der Waals surface area contributed by atoms with E-state index in [0.717, 1.165) is 33.1 Å². The molecule has 0 radical (unpaired) electrons. The second-order valence-corrected chi connectivity index (χ2v) is 7.96. The number of thiazole rings is 1. The summed E-state index contributed by atoms with van der Waals surface area (Å²) < 4.78 is 11.0. The molecule has 0 aliphatic carbocycles. The summed E-state index contributed by atoms with van der Waals surface area (Å²) in [7, 11) is 1.64. The van der Waals surface area contributed by atoms with Crippen LogP contribution < -0.4 is 14.8 Å². The number of halogens is 1. The van der Waals surface area contributed by atoms with E-state index in [-0.39, 0.29) is 5.91 Å². The third-order valence-corrected chi connectivity index (χ3v) is 5.96. The fraction of sp³-hybridized carbons (Fsp3) is 0.273. The molecule has 1 aromatic heterocycles. The van der Waals surface area contributed by atoms with Crippen molar-refractivity contribution >= 4 is 28.8 Å². The summed E-state index contributed by atoms with van der Waals surface area (Å²) in [6.07, 6.45) is -0.630. The Bertz CT molecular complexity index is 979. The topological polar surface area (TPSA) is 60.5 Å². The van der Waals surface area contributed by atoms with Gasteiger partial charge in [0.25, 0.3) is 5.91 Å². The standard InChI is InChI=1S/C22H23ClN2O3S/c1-13-9-19(10-14(2)20(13)23)28-15(3)21(26)24-11-17-12-29-22(25-17)16-5-7-18(27-4)8-6-16/h5-10,12,15H,11H2,1-4H3,(H,24,26)/t15-/m0/s1. The van der Waals surface area contributed by atoms with Gasteiger partial charge in [0, 0.05) is 16.0 Å². The molecule has 0 aliphatic rings. The van der Waals surface area contributed by atoms with E-state index in [2.05, 4.69) is 10.3 Å². The van der Waals surface area contributed by atoms with Crippen molar-refractivity contribution in [3.63, 3.8) is 0 Å². The second-order valence-electron chi connectivity index (χ2n) is 6.72. The number of carbonyl (C=O) groups is 1. The number of ether oxygens (including phenoxy) is 2. The highest BCUT2D eigenvalue weighted by Crippen LogP contribution is 2.27. The Kier molecular flexibility index (Phi) is 6.77. The van der Waals surface area contributed by atoms with Crippen LogP contribution in [0, 0.1) is 13.8 Å². The van der Waals surface area contributed by atoms with Crippen molar-refractivity contribution < 1.29 is 14.3 Å². The Morgan fingerprint density at radius 3 is 2.45 bits per heavy atom. The number of rotatable bonds is 7. The highest BCUT2D eigenvalue weighted by molar-refractivity contribution is 7.13. The number of nitrogens with zero attached hydrogens (tertiary/aromatic N) is 1. The van der Waals surface area contributed by atoms with Crippen molar-refractivity contribution in [3.05, 3.63) is 63.6 Å². The second kappa shape index (κ2) is 9.29. The first kappa shape index (κ1) is 21.1. The number of benzene rings is 2. The van der Waals surface area contributed by atoms with E-state index >= 15 is 0 Å². The van der Waals surface area contributed by atoms with Crippen LogP contribution in [0.15, 0.2) is 41.8 Å². The first-order valence-electron chi connectivity index (χ1n) is 9.17. The van der Waals surface area contributed by atoms with Crippen molar-refractivity contribution in [2.45, 2.75) is 33.4 Å². The number of methoxy groups -OCH3 is 1. The van der Waals surface area contributed by atoms with Gasteiger partial charge in [-0.2, -0.15) is 0 Å². The average Bonchev–Trinajstić information content (AvgIpc) is 3.19. The monoisotopic (exact) mass is 430 g/mol. The van der Waals surface area contributed by atoms with Crippen molar-refractivity contribution in [2.24, 2.45) is 0 Å². The molecular formula is C22H23ClN2O3S. The molecule has 0 fully saturated rings. The number of aryl methyl sites for hydroxylation is 2. The molecule has 1 heterocycles. The van der Waals surface area contributed by atoms with Gasteiger partial charge in [0.15, 0.2) is 6.10 Å². The first-order valence-corrected chi connectivity index (χ1v) is 10.4. The maximum Gasteiger partial charge on any atom is 0.261 e. The molecule has 2 aromatic carbocycles. The summed E-state index contributed by atoms with van der Waals surface area (Å²) in [6, 6.07) is 11.4. The zero-order valence-corrected chi connectivity index (χ0v) is 18.4. The fourth-order valence-corrected chi connectivity index (χ4v) is 3.74. The molecule has 29 heavy (non-hydrogen) atoms. The zero-order chi connectivity index (χ0) is 21.0. The largest absolute Gasteiger partial charge is 0.497 e. The third kappa shape index (κ3) is 5.28. The fourth-order valence-electron chi connectivity index (χ4n) is 2.81. The Morgan fingerprint density at radius 2 is 1.83 bits per heavy atom. The number of amides is 1. The Labute approximate surface area is 179 Å². The van der Waals surface area contributed by atoms with Crippen LogP contribution in [0.2, 0.25) is 5.02 Å². The normalized spacial score (nSPS) is 11.8. The molecule has 0 saturated carbocycles. The lowest BCUT2D eigenvalue weighted by molar-refractivity contribution is -0.127. The molecule has 1 amide bonds. The van der Waals surface area contributed by atoms with Crippen LogP contribution in [0.3, 0.4) is 0 Å². The molecule has 5 nitrogen and oxygen atoms in total. The summed E-state index contributed by atoms with van der Waals surface area (Å²) in [6.45, 7) is 5.89. The molecule has 3 aromatic rings. The number of carbonyl (C=O) groups excluding carboxylic acids is 1. The molecule has 0 bridgehead atoms. The molecule has 3 rings (SSSR count). The summed E-state index contributed by atoms with van der Waals surface area (Å²) in [5, 5.41) is 6.43. The van der Waals surface area contributed by atoms with Gasteiger partial charge in [0.1, 0.15) is 16.5 Å². The van der Waals surface area contributed by atoms with Gasteiger partial charge in [0.2, 0.25) is 0 Å². The maximum atomic E-state index is 12.4. The van der Waals surface area contributed by atoms with E-state index in [4.69, 9.17) is 21.1 Å². The highest BCUT2D eigenvalue weighted by Gasteiger charge is 2.16. The number of hydrogen-bond donors (Lipinski definition) is 1. The van der Waals surface area contributed by atoms with Gasteiger partial charge in [-0.3, -0.25) is 4.79 Å². The average molecular weight is 431 g/mol. The molecule has 152 valence electrons. The molecule has 0 aliphatic heterocycles. The minimum absolute atomic E-state index is 0.200. The summed E-state index contributed by atoms with van der Waals surface area (Å²) in [4.78, 5) is 17.0. The number of nitrogens with one attached hydrogen (secondary N) is 1. The molecule has 1 atom stereocenters. The van der Waals surface area contributed by atoms with Gasteiger partial charge in [0.05, 0.1) is 19.3 Å². The Balaban J connectivity index is 1.57. The smallest absolute Gasteiger partial charge is 0.261 e. The van der Waals surface area contributed by atoms with Gasteiger partial charge in [-0.1, -0.05) is 11.6 Å². The molecule has 1 N–H and O–H groups in total. The lowest BCUT2D eigenvalue weighted by atomic mass is 10.1. The van der Waals surface area contributed by atoms with E-state index in [9.17, 15) is 4.79 Å². The SMILES string of the molecule is COc1ccc(-c2nc(CNC(=O)[C@H](C)Oc3cc(C)c(Cl)c(C)c3)cs2)cc1. The summed E-state index contributed by atoms with van der Waals surface area (Å²) in [5.41, 5.74) is 3.66. The number of aromatic nitrogens is 1. The van der Waals surface area contributed by atoms with E-state index < -0.39 is 6.10 Å². The summed E-state index contributed by atoms with van der Waals surface area (Å²) in [5.74, 6) is 1.23. The first-order chi connectivity index (χ1) is 13.9. The van der Waals surface area contributed by atoms with Crippen molar-refractivity contribution in [1.82, 2.24) is 10.3 Å². The lowest BCUT2D eigenvalue weighted by Gasteiger charge is -2.16. The van der Waals surface area contributed by atoms with E-state index in [0.29, 0.717) is 17.3 Å². The van der Waals surface area contributed by atoms with Crippen LogP contribution in [0.1, 0.15) is 23.7 Å². The Hall–Kier alpha value is -2.57. The van der Waals surface area contributed by atoms with Gasteiger partial charge < -0.3 is 14.8 Å². The van der Waals surface area contributed by atoms with Crippen LogP contribution >= 0.6 is 22.9 Å². The van der Waals surface area contributed by atoms with Gasteiger partial charge >= 0.3 is 0 Å². The minimum atomic E-state index is -0.630. The predicted molar refractivity (Wildman–Crippen MR) is 117 cm³/mol. The van der Waals surface area contributed by atoms with Gasteiger partial charge in [-0.25, -0.2) is 4.98 Å². The van der Waals surface area contributed by atoms with Crippen LogP contribution in [-0.2, 0) is 11.3 Å². The molecular weight excluding hydrogens is 408 g/mol. The summed E-state index contributed by atoms with van der Waals surface area (Å²) >= 11 is 7.72.